The number of para-hydroxylation sites is 1. The van der Waals surface area contributed by atoms with E-state index in [9.17, 15) is 0 Å². The SMILES string of the molecule is c1ccc2sc(CN3CCOCC3CNC3CC3)nc2c1. The van der Waals surface area contributed by atoms with Crippen molar-refractivity contribution in [2.45, 2.75) is 31.5 Å². The van der Waals surface area contributed by atoms with Crippen LogP contribution in [0.25, 0.3) is 10.2 Å². The highest BCUT2D eigenvalue weighted by Crippen LogP contribution is 2.24. The molecule has 4 rings (SSSR count). The third-order valence-electron chi connectivity index (χ3n) is 4.25. The Balaban J connectivity index is 1.44. The van der Waals surface area contributed by atoms with Gasteiger partial charge in [-0.3, -0.25) is 4.90 Å². The van der Waals surface area contributed by atoms with Crippen LogP contribution in [-0.2, 0) is 11.3 Å². The lowest BCUT2D eigenvalue weighted by Gasteiger charge is -2.35. The molecular weight excluding hydrogens is 282 g/mol. The summed E-state index contributed by atoms with van der Waals surface area (Å²) in [6.45, 7) is 4.66. The lowest BCUT2D eigenvalue weighted by Crippen LogP contribution is -2.50. The van der Waals surface area contributed by atoms with Gasteiger partial charge in [-0.05, 0) is 25.0 Å². The number of rotatable bonds is 5. The van der Waals surface area contributed by atoms with Crippen molar-refractivity contribution >= 4 is 21.6 Å². The van der Waals surface area contributed by atoms with Crippen LogP contribution in [-0.4, -0.2) is 48.3 Å². The third kappa shape index (κ3) is 3.26. The number of benzene rings is 1. The van der Waals surface area contributed by atoms with Gasteiger partial charge in [-0.2, -0.15) is 0 Å². The van der Waals surface area contributed by atoms with E-state index in [2.05, 4.69) is 34.5 Å². The fourth-order valence-corrected chi connectivity index (χ4v) is 3.83. The second-order valence-corrected chi connectivity index (χ2v) is 7.07. The van der Waals surface area contributed by atoms with Gasteiger partial charge in [-0.15, -0.1) is 11.3 Å². The molecule has 1 unspecified atom stereocenters. The summed E-state index contributed by atoms with van der Waals surface area (Å²) in [5.74, 6) is 0. The molecule has 2 aromatic rings. The van der Waals surface area contributed by atoms with Gasteiger partial charge in [-0.1, -0.05) is 12.1 Å². The van der Waals surface area contributed by atoms with Crippen molar-refractivity contribution in [2.75, 3.05) is 26.3 Å². The maximum absolute atomic E-state index is 5.66. The Bertz CT molecular complexity index is 577. The van der Waals surface area contributed by atoms with Crippen LogP contribution in [0.5, 0.6) is 0 Å². The normalized spacial score (nSPS) is 23.7. The molecule has 1 aromatic carbocycles. The number of nitrogens with one attached hydrogen (secondary N) is 1. The first-order chi connectivity index (χ1) is 10.4. The van der Waals surface area contributed by atoms with Crippen LogP contribution < -0.4 is 5.32 Å². The Kier molecular flexibility index (Phi) is 3.90. The Labute approximate surface area is 129 Å². The molecule has 5 heteroatoms. The predicted octanol–water partition coefficient (Wildman–Crippen LogP) is 2.25. The summed E-state index contributed by atoms with van der Waals surface area (Å²) >= 11 is 1.82. The first-order valence-electron chi connectivity index (χ1n) is 7.78. The van der Waals surface area contributed by atoms with E-state index in [-0.39, 0.29) is 0 Å². The minimum absolute atomic E-state index is 0.478. The Morgan fingerprint density at radius 2 is 2.24 bits per heavy atom. The number of fused-ring (bicyclic) bond motifs is 1. The average molecular weight is 303 g/mol. The van der Waals surface area contributed by atoms with Crippen LogP contribution in [0.4, 0.5) is 0 Å². The maximum Gasteiger partial charge on any atom is 0.108 e. The van der Waals surface area contributed by atoms with Gasteiger partial charge in [0.25, 0.3) is 0 Å². The van der Waals surface area contributed by atoms with E-state index >= 15 is 0 Å². The molecule has 0 amide bonds. The second-order valence-electron chi connectivity index (χ2n) is 5.96. The van der Waals surface area contributed by atoms with Gasteiger partial charge in [-0.25, -0.2) is 4.98 Å². The number of morpholine rings is 1. The lowest BCUT2D eigenvalue weighted by molar-refractivity contribution is -0.0110. The molecule has 0 bridgehead atoms. The second kappa shape index (κ2) is 6.01. The largest absolute Gasteiger partial charge is 0.378 e. The summed E-state index contributed by atoms with van der Waals surface area (Å²) < 4.78 is 6.95. The van der Waals surface area contributed by atoms with Crippen molar-refractivity contribution in [1.29, 1.82) is 0 Å². The van der Waals surface area contributed by atoms with Gasteiger partial charge in [0.2, 0.25) is 0 Å². The van der Waals surface area contributed by atoms with E-state index in [0.717, 1.165) is 44.4 Å². The predicted molar refractivity (Wildman–Crippen MR) is 85.7 cm³/mol. The Morgan fingerprint density at radius 3 is 3.10 bits per heavy atom. The minimum atomic E-state index is 0.478. The standard InChI is InChI=1S/C16H21N3OS/c1-2-4-15-14(3-1)18-16(21-15)10-19-7-8-20-11-13(19)9-17-12-5-6-12/h1-4,12-13,17H,5-11H2. The summed E-state index contributed by atoms with van der Waals surface area (Å²) in [5.41, 5.74) is 1.12. The van der Waals surface area contributed by atoms with E-state index in [1.54, 1.807) is 0 Å². The zero-order valence-electron chi connectivity index (χ0n) is 12.1. The van der Waals surface area contributed by atoms with Crippen LogP contribution in [0.2, 0.25) is 0 Å². The molecule has 1 saturated carbocycles. The van der Waals surface area contributed by atoms with Gasteiger partial charge in [0, 0.05) is 25.2 Å². The van der Waals surface area contributed by atoms with Crippen LogP contribution in [0.15, 0.2) is 24.3 Å². The zero-order valence-corrected chi connectivity index (χ0v) is 12.9. The van der Waals surface area contributed by atoms with Crippen LogP contribution in [0.1, 0.15) is 17.8 Å². The molecule has 2 aliphatic rings. The molecular formula is C16H21N3OS. The van der Waals surface area contributed by atoms with Gasteiger partial charge in [0.15, 0.2) is 0 Å². The number of nitrogens with zero attached hydrogens (tertiary/aromatic N) is 2. The van der Waals surface area contributed by atoms with E-state index < -0.39 is 0 Å². The fraction of sp³-hybridized carbons (Fsp3) is 0.562. The smallest absolute Gasteiger partial charge is 0.108 e. The summed E-state index contributed by atoms with van der Waals surface area (Å²) in [6.07, 6.45) is 2.68. The van der Waals surface area contributed by atoms with Crippen molar-refractivity contribution in [2.24, 2.45) is 0 Å². The molecule has 2 fully saturated rings. The monoisotopic (exact) mass is 303 g/mol. The van der Waals surface area contributed by atoms with Crippen molar-refractivity contribution in [1.82, 2.24) is 15.2 Å². The molecule has 1 N–H and O–H groups in total. The number of hydrogen-bond donors (Lipinski definition) is 1. The molecule has 1 atom stereocenters. The van der Waals surface area contributed by atoms with Crippen molar-refractivity contribution in [3.63, 3.8) is 0 Å². The number of aromatic nitrogens is 1. The highest BCUT2D eigenvalue weighted by atomic mass is 32.1. The zero-order chi connectivity index (χ0) is 14.1. The first kappa shape index (κ1) is 13.6. The molecule has 1 aliphatic carbocycles. The average Bonchev–Trinajstić information content (AvgIpc) is 3.25. The summed E-state index contributed by atoms with van der Waals surface area (Å²) in [6, 6.07) is 9.63. The molecule has 2 heterocycles. The summed E-state index contributed by atoms with van der Waals surface area (Å²) in [4.78, 5) is 7.29. The van der Waals surface area contributed by atoms with E-state index in [4.69, 9.17) is 9.72 Å². The lowest BCUT2D eigenvalue weighted by atomic mass is 10.2. The maximum atomic E-state index is 5.66. The molecule has 21 heavy (non-hydrogen) atoms. The van der Waals surface area contributed by atoms with Gasteiger partial charge < -0.3 is 10.1 Å². The van der Waals surface area contributed by atoms with Gasteiger partial charge >= 0.3 is 0 Å². The van der Waals surface area contributed by atoms with E-state index in [1.165, 1.54) is 22.5 Å². The molecule has 4 nitrogen and oxygen atoms in total. The number of thiazole rings is 1. The van der Waals surface area contributed by atoms with Crippen LogP contribution in [0.3, 0.4) is 0 Å². The van der Waals surface area contributed by atoms with Crippen LogP contribution >= 0.6 is 11.3 Å². The van der Waals surface area contributed by atoms with Crippen molar-refractivity contribution < 1.29 is 4.74 Å². The Morgan fingerprint density at radius 1 is 1.33 bits per heavy atom. The molecule has 1 saturated heterocycles. The molecule has 1 aliphatic heterocycles. The number of ether oxygens (including phenoxy) is 1. The van der Waals surface area contributed by atoms with E-state index in [0.29, 0.717) is 6.04 Å². The Hall–Kier alpha value is -1.01. The summed E-state index contributed by atoms with van der Waals surface area (Å²) in [7, 11) is 0. The van der Waals surface area contributed by atoms with E-state index in [1.807, 2.05) is 11.3 Å². The molecule has 112 valence electrons. The van der Waals surface area contributed by atoms with Crippen molar-refractivity contribution in [3.05, 3.63) is 29.3 Å². The molecule has 1 aromatic heterocycles. The fourth-order valence-electron chi connectivity index (χ4n) is 2.84. The minimum Gasteiger partial charge on any atom is -0.378 e. The topological polar surface area (TPSA) is 37.4 Å². The van der Waals surface area contributed by atoms with Crippen LogP contribution in [0, 0.1) is 0 Å². The first-order valence-corrected chi connectivity index (χ1v) is 8.60. The highest BCUT2D eigenvalue weighted by molar-refractivity contribution is 7.18. The number of hydrogen-bond acceptors (Lipinski definition) is 5. The summed E-state index contributed by atoms with van der Waals surface area (Å²) in [5, 5.41) is 4.85. The van der Waals surface area contributed by atoms with Crippen molar-refractivity contribution in [3.8, 4) is 0 Å². The van der Waals surface area contributed by atoms with Gasteiger partial charge in [0.05, 0.1) is 30.0 Å². The third-order valence-corrected chi connectivity index (χ3v) is 5.27. The van der Waals surface area contributed by atoms with Gasteiger partial charge in [0.1, 0.15) is 5.01 Å². The highest BCUT2D eigenvalue weighted by Gasteiger charge is 2.27. The molecule has 0 spiro atoms. The molecule has 0 radical (unpaired) electrons. The quantitative estimate of drug-likeness (QED) is 0.919.